The lowest BCUT2D eigenvalue weighted by atomic mass is 9.95. The predicted molar refractivity (Wildman–Crippen MR) is 63.4 cm³/mol. The van der Waals surface area contributed by atoms with Gasteiger partial charge in [0.05, 0.1) is 6.26 Å². The number of aromatic carboxylic acids is 1. The molecule has 0 aromatic carbocycles. The van der Waals surface area contributed by atoms with Crippen molar-refractivity contribution >= 4 is 5.97 Å². The van der Waals surface area contributed by atoms with Crippen molar-refractivity contribution in [3.05, 3.63) is 23.7 Å². The fourth-order valence-corrected chi connectivity index (χ4v) is 3.03. The summed E-state index contributed by atoms with van der Waals surface area (Å²) in [4.78, 5) is 13.4. The van der Waals surface area contributed by atoms with Crippen molar-refractivity contribution in [2.75, 3.05) is 6.54 Å². The number of likely N-dealkylation sites (tertiary alicyclic amines) is 1. The van der Waals surface area contributed by atoms with Crippen molar-refractivity contribution in [2.24, 2.45) is 0 Å². The number of β-amino-alcohol motifs (C(OH)–C–C–N with tert-alkyl or cyclic N) is 1. The van der Waals surface area contributed by atoms with E-state index in [0.717, 1.165) is 0 Å². The Morgan fingerprint density at radius 2 is 2.28 bits per heavy atom. The number of carbonyl (C=O) groups is 1. The molecule has 2 fully saturated rings. The zero-order chi connectivity index (χ0) is 12.9. The molecule has 2 unspecified atom stereocenters. The van der Waals surface area contributed by atoms with E-state index in [1.807, 2.05) is 0 Å². The first-order valence-electron chi connectivity index (χ1n) is 6.31. The van der Waals surface area contributed by atoms with Crippen LogP contribution in [0.15, 0.2) is 16.7 Å². The molecule has 1 aliphatic heterocycles. The van der Waals surface area contributed by atoms with Crippen LogP contribution in [0.5, 0.6) is 0 Å². The second-order valence-corrected chi connectivity index (χ2v) is 5.46. The number of aliphatic hydroxyl groups is 1. The third-order valence-corrected chi connectivity index (χ3v) is 3.98. The molecule has 1 saturated carbocycles. The van der Waals surface area contributed by atoms with Gasteiger partial charge >= 0.3 is 5.97 Å². The van der Waals surface area contributed by atoms with Crippen molar-refractivity contribution in [3.63, 3.8) is 0 Å². The number of carboxylic acids is 1. The van der Waals surface area contributed by atoms with E-state index < -0.39 is 11.6 Å². The fourth-order valence-electron chi connectivity index (χ4n) is 3.03. The maximum absolute atomic E-state index is 11.1. The number of nitrogens with zero attached hydrogens (tertiary/aromatic N) is 1. The van der Waals surface area contributed by atoms with E-state index in [1.54, 1.807) is 0 Å². The topological polar surface area (TPSA) is 73.9 Å². The lowest BCUT2D eigenvalue weighted by Crippen LogP contribution is -2.33. The molecule has 5 heteroatoms. The average Bonchev–Trinajstić information content (AvgIpc) is 2.90. The Morgan fingerprint density at radius 1 is 1.56 bits per heavy atom. The van der Waals surface area contributed by atoms with Crippen LogP contribution in [-0.4, -0.2) is 39.7 Å². The lowest BCUT2D eigenvalue weighted by molar-refractivity contribution is 0.0210. The van der Waals surface area contributed by atoms with Crippen molar-refractivity contribution in [3.8, 4) is 0 Å². The summed E-state index contributed by atoms with van der Waals surface area (Å²) in [5.41, 5.74) is -1.10. The minimum atomic E-state index is -1.17. The van der Waals surface area contributed by atoms with E-state index in [1.165, 1.54) is 25.2 Å². The zero-order valence-electron chi connectivity index (χ0n) is 10.3. The van der Waals surface area contributed by atoms with Crippen LogP contribution in [-0.2, 0) is 5.60 Å². The average molecular weight is 251 g/mol. The first-order chi connectivity index (χ1) is 8.51. The molecular formula is C13H17NO4. The van der Waals surface area contributed by atoms with Gasteiger partial charge in [-0.2, -0.15) is 0 Å². The van der Waals surface area contributed by atoms with Crippen LogP contribution in [0.25, 0.3) is 0 Å². The highest BCUT2D eigenvalue weighted by Gasteiger charge is 2.49. The fraction of sp³-hybridized carbons (Fsp3) is 0.615. The number of hydrogen-bond acceptors (Lipinski definition) is 4. The molecule has 1 aliphatic carbocycles. The number of rotatable bonds is 3. The van der Waals surface area contributed by atoms with E-state index in [0.29, 0.717) is 19.0 Å². The van der Waals surface area contributed by atoms with Crippen molar-refractivity contribution < 1.29 is 19.4 Å². The summed E-state index contributed by atoms with van der Waals surface area (Å²) >= 11 is 0. The van der Waals surface area contributed by atoms with Crippen LogP contribution in [0.2, 0.25) is 0 Å². The van der Waals surface area contributed by atoms with Crippen LogP contribution in [0.3, 0.4) is 0 Å². The number of carboxylic acid groups (broad SMARTS) is 1. The van der Waals surface area contributed by atoms with Gasteiger partial charge in [0.2, 0.25) is 0 Å². The van der Waals surface area contributed by atoms with E-state index in [4.69, 9.17) is 9.52 Å². The van der Waals surface area contributed by atoms with Gasteiger partial charge in [-0.3, -0.25) is 4.90 Å². The van der Waals surface area contributed by atoms with Crippen LogP contribution >= 0.6 is 0 Å². The molecule has 5 nitrogen and oxygen atoms in total. The zero-order valence-corrected chi connectivity index (χ0v) is 10.3. The first kappa shape index (κ1) is 11.7. The molecule has 0 bridgehead atoms. The maximum Gasteiger partial charge on any atom is 0.339 e. The summed E-state index contributed by atoms with van der Waals surface area (Å²) in [5, 5.41) is 19.8. The summed E-state index contributed by atoms with van der Waals surface area (Å²) in [5.74, 6) is -0.852. The highest BCUT2D eigenvalue weighted by molar-refractivity contribution is 5.89. The largest absolute Gasteiger partial charge is 0.478 e. The molecule has 18 heavy (non-hydrogen) atoms. The van der Waals surface area contributed by atoms with Gasteiger partial charge in [0.15, 0.2) is 5.76 Å². The molecule has 1 saturated heterocycles. The van der Waals surface area contributed by atoms with Crippen molar-refractivity contribution in [2.45, 2.75) is 43.9 Å². The molecule has 0 amide bonds. The summed E-state index contributed by atoms with van der Waals surface area (Å²) in [7, 11) is 0. The normalized spacial score (nSPS) is 32.9. The Bertz CT molecular complexity index is 479. The van der Waals surface area contributed by atoms with Gasteiger partial charge < -0.3 is 14.6 Å². The quantitative estimate of drug-likeness (QED) is 0.850. The molecule has 1 aromatic heterocycles. The molecular weight excluding hydrogens is 234 g/mol. The van der Waals surface area contributed by atoms with Crippen LogP contribution in [0, 0.1) is 0 Å². The minimum absolute atomic E-state index is 0.0716. The Hall–Kier alpha value is -1.33. The number of hydrogen-bond donors (Lipinski definition) is 2. The summed E-state index contributed by atoms with van der Waals surface area (Å²) in [6.45, 7) is 2.53. The highest BCUT2D eigenvalue weighted by Crippen LogP contribution is 2.42. The van der Waals surface area contributed by atoms with Gasteiger partial charge in [0, 0.05) is 18.6 Å². The van der Waals surface area contributed by atoms with Gasteiger partial charge in [0.1, 0.15) is 11.2 Å². The van der Waals surface area contributed by atoms with Crippen LogP contribution in [0.4, 0.5) is 0 Å². The third kappa shape index (κ3) is 1.74. The highest BCUT2D eigenvalue weighted by atomic mass is 16.4. The van der Waals surface area contributed by atoms with E-state index in [2.05, 4.69) is 11.8 Å². The van der Waals surface area contributed by atoms with Gasteiger partial charge in [-0.1, -0.05) is 0 Å². The molecule has 2 aliphatic rings. The van der Waals surface area contributed by atoms with Gasteiger partial charge in [0.25, 0.3) is 0 Å². The molecule has 2 heterocycles. The monoisotopic (exact) mass is 251 g/mol. The molecule has 98 valence electrons. The van der Waals surface area contributed by atoms with Crippen LogP contribution in [0.1, 0.15) is 42.3 Å². The second kappa shape index (κ2) is 3.83. The summed E-state index contributed by atoms with van der Waals surface area (Å²) in [6.07, 6.45) is 4.20. The molecule has 3 rings (SSSR count). The smallest absolute Gasteiger partial charge is 0.339 e. The molecule has 2 N–H and O–H groups in total. The Balaban J connectivity index is 1.91. The molecule has 0 spiro atoms. The second-order valence-electron chi connectivity index (χ2n) is 5.46. The standard InChI is InChI=1S/C13H17NO4/c1-8-6-13(17,7-14(8)9-2-3-9)11-10(12(15)16)4-5-18-11/h4-5,8-9,17H,2-3,6-7H2,1H3,(H,15,16). The third-order valence-electron chi connectivity index (χ3n) is 3.98. The Morgan fingerprint density at radius 3 is 2.89 bits per heavy atom. The maximum atomic E-state index is 11.1. The molecule has 2 atom stereocenters. The van der Waals surface area contributed by atoms with Gasteiger partial charge in [-0.25, -0.2) is 4.79 Å². The SMILES string of the molecule is CC1CC(O)(c2occc2C(=O)O)CN1C1CC1. The minimum Gasteiger partial charge on any atom is -0.478 e. The molecule has 0 radical (unpaired) electrons. The Labute approximate surface area is 105 Å². The predicted octanol–water partition coefficient (Wildman–Crippen LogP) is 1.42. The summed E-state index contributed by atoms with van der Waals surface area (Å²) in [6, 6.07) is 2.21. The number of furan rings is 1. The van der Waals surface area contributed by atoms with Crippen LogP contribution < -0.4 is 0 Å². The lowest BCUT2D eigenvalue weighted by Gasteiger charge is -2.22. The van der Waals surface area contributed by atoms with Gasteiger partial charge in [-0.15, -0.1) is 0 Å². The van der Waals surface area contributed by atoms with E-state index in [-0.39, 0.29) is 17.4 Å². The molecule has 1 aromatic rings. The van der Waals surface area contributed by atoms with Crippen molar-refractivity contribution in [1.82, 2.24) is 4.90 Å². The first-order valence-corrected chi connectivity index (χ1v) is 6.31. The summed E-state index contributed by atoms with van der Waals surface area (Å²) < 4.78 is 5.25. The van der Waals surface area contributed by atoms with E-state index >= 15 is 0 Å². The Kier molecular flexibility index (Phi) is 2.50. The van der Waals surface area contributed by atoms with Crippen molar-refractivity contribution in [1.29, 1.82) is 0 Å². The van der Waals surface area contributed by atoms with Gasteiger partial charge in [-0.05, 0) is 32.3 Å². The van der Waals surface area contributed by atoms with E-state index in [9.17, 15) is 9.90 Å².